The van der Waals surface area contributed by atoms with Gasteiger partial charge in [-0.1, -0.05) is 50.1 Å². The molecule has 0 aromatic carbocycles. The third-order valence-corrected chi connectivity index (χ3v) is 6.95. The maximum Gasteiger partial charge on any atom is 0.0809 e. The van der Waals surface area contributed by atoms with Crippen LogP contribution in [0.5, 0.6) is 0 Å². The van der Waals surface area contributed by atoms with E-state index >= 15 is 0 Å². The van der Waals surface area contributed by atoms with Crippen molar-refractivity contribution in [1.29, 1.82) is 0 Å². The molecule has 0 bridgehead atoms. The molecule has 137 valence electrons. The van der Waals surface area contributed by atoms with E-state index < -0.39 is 12.2 Å². The Bertz CT molecular complexity index is 527. The summed E-state index contributed by atoms with van der Waals surface area (Å²) in [5.74, 6) is 1.62. The van der Waals surface area contributed by atoms with E-state index in [0.717, 1.165) is 17.4 Å². The molecule has 26 heavy (non-hydrogen) atoms. The third kappa shape index (κ3) is 6.00. The summed E-state index contributed by atoms with van der Waals surface area (Å²) >= 11 is 0. The first-order valence-corrected chi connectivity index (χ1v) is 9.39. The largest absolute Gasteiger partial charge is 0.388 e. The normalized spacial score (nSPS) is 37.9. The smallest absolute Gasteiger partial charge is 0.0809 e. The first-order valence-electron chi connectivity index (χ1n) is 9.39. The Hall–Kier alpha value is 2.45. The SMILES string of the molecule is C=C1[C@H](O)CC(=C/C=C2\CCC[C@]3(C)C(CC)CC[C@@H]23)C[C@H]1O.[Y].[Y].[Y]. The summed E-state index contributed by atoms with van der Waals surface area (Å²) < 4.78 is 0. The summed E-state index contributed by atoms with van der Waals surface area (Å²) in [5, 5.41) is 20.0. The van der Waals surface area contributed by atoms with Crippen molar-refractivity contribution >= 4 is 0 Å². The molecule has 2 N–H and O–H groups in total. The summed E-state index contributed by atoms with van der Waals surface area (Å²) in [7, 11) is 0. The van der Waals surface area contributed by atoms with Crippen LogP contribution in [0, 0.1) is 17.3 Å². The monoisotopic (exact) mass is 583 g/mol. The molecule has 5 heteroatoms. The van der Waals surface area contributed by atoms with Crippen LogP contribution < -0.4 is 0 Å². The van der Waals surface area contributed by atoms with Gasteiger partial charge in [0.25, 0.3) is 0 Å². The Labute approximate surface area is 235 Å². The predicted octanol–water partition coefficient (Wildman–Crippen LogP) is 4.53. The Kier molecular flexibility index (Phi) is 13.5. The Morgan fingerprint density at radius 1 is 1.08 bits per heavy atom. The van der Waals surface area contributed by atoms with Gasteiger partial charge in [0.05, 0.1) is 12.2 Å². The fourth-order valence-electron chi connectivity index (χ4n) is 5.44. The van der Waals surface area contributed by atoms with Gasteiger partial charge in [-0.15, -0.1) is 0 Å². The van der Waals surface area contributed by atoms with Crippen molar-refractivity contribution < 1.29 is 108 Å². The van der Waals surface area contributed by atoms with Crippen LogP contribution >= 0.6 is 0 Å². The Morgan fingerprint density at radius 2 is 1.69 bits per heavy atom. The van der Waals surface area contributed by atoms with Crippen LogP contribution in [0.3, 0.4) is 0 Å². The number of hydrogen-bond acceptors (Lipinski definition) is 2. The van der Waals surface area contributed by atoms with Crippen LogP contribution in [0.25, 0.3) is 0 Å². The van der Waals surface area contributed by atoms with E-state index in [-0.39, 0.29) is 98.1 Å². The molecule has 0 saturated heterocycles. The molecule has 0 aliphatic heterocycles. The quantitative estimate of drug-likeness (QED) is 0.470. The molecule has 3 aliphatic rings. The number of rotatable bonds is 2. The summed E-state index contributed by atoms with van der Waals surface area (Å²) in [6.45, 7) is 8.64. The van der Waals surface area contributed by atoms with Crippen LogP contribution in [0.1, 0.15) is 65.2 Å². The van der Waals surface area contributed by atoms with Crippen molar-refractivity contribution in [3.63, 3.8) is 0 Å². The van der Waals surface area contributed by atoms with Gasteiger partial charge in [-0.05, 0) is 67.8 Å². The zero-order valence-corrected chi connectivity index (χ0v) is 25.0. The van der Waals surface area contributed by atoms with E-state index in [2.05, 4.69) is 32.6 Å². The molecule has 0 amide bonds. The maximum absolute atomic E-state index is 9.99. The van der Waals surface area contributed by atoms with Gasteiger partial charge in [0.2, 0.25) is 0 Å². The standard InChI is InChI=1S/C21H32O2.3Y/c1-4-17-9-10-18-16(6-5-11-21(17,18)3)8-7-15-12-19(22)14(2)20(23)13-15;;;/h7-8,17-20,22-23H,2,4-6,9-13H2,1,3H3;;;/b16-8+;;;/t17?,18-,19+,20+,21+;;;/m0.../s1. The van der Waals surface area contributed by atoms with Crippen molar-refractivity contribution in [2.45, 2.75) is 77.4 Å². The van der Waals surface area contributed by atoms with Crippen LogP contribution in [0.4, 0.5) is 0 Å². The van der Waals surface area contributed by atoms with Crippen molar-refractivity contribution in [2.75, 3.05) is 0 Å². The molecular weight excluding hydrogens is 551 g/mol. The van der Waals surface area contributed by atoms with Crippen molar-refractivity contribution in [3.8, 4) is 0 Å². The predicted molar refractivity (Wildman–Crippen MR) is 95.0 cm³/mol. The second-order valence-corrected chi connectivity index (χ2v) is 8.18. The first-order chi connectivity index (χ1) is 11.0. The van der Waals surface area contributed by atoms with Gasteiger partial charge < -0.3 is 10.2 Å². The maximum atomic E-state index is 9.99. The number of fused-ring (bicyclic) bond motifs is 1. The third-order valence-electron chi connectivity index (χ3n) is 6.95. The molecule has 3 rings (SSSR count). The summed E-state index contributed by atoms with van der Waals surface area (Å²) in [4.78, 5) is 0. The average Bonchev–Trinajstić information content (AvgIpc) is 2.87. The Morgan fingerprint density at radius 3 is 2.27 bits per heavy atom. The molecule has 1 unspecified atom stereocenters. The molecule has 3 saturated carbocycles. The number of aliphatic hydroxyl groups excluding tert-OH is 2. The second-order valence-electron chi connectivity index (χ2n) is 8.18. The molecule has 3 fully saturated rings. The van der Waals surface area contributed by atoms with E-state index in [1.807, 2.05) is 0 Å². The van der Waals surface area contributed by atoms with Crippen LogP contribution in [0.15, 0.2) is 35.5 Å². The fraction of sp³-hybridized carbons (Fsp3) is 0.714. The van der Waals surface area contributed by atoms with E-state index in [1.165, 1.54) is 38.5 Å². The second kappa shape index (κ2) is 12.3. The fourth-order valence-corrected chi connectivity index (χ4v) is 5.44. The van der Waals surface area contributed by atoms with Crippen LogP contribution in [-0.2, 0) is 98.1 Å². The Balaban J connectivity index is 0.00000208. The molecule has 5 atom stereocenters. The van der Waals surface area contributed by atoms with Gasteiger partial charge >= 0.3 is 0 Å². The van der Waals surface area contributed by atoms with Gasteiger partial charge in [-0.3, -0.25) is 0 Å². The minimum Gasteiger partial charge on any atom is -0.388 e. The zero-order chi connectivity index (χ0) is 16.6. The van der Waals surface area contributed by atoms with E-state index in [1.54, 1.807) is 5.57 Å². The van der Waals surface area contributed by atoms with E-state index in [0.29, 0.717) is 23.8 Å². The zero-order valence-electron chi connectivity index (χ0n) is 16.5. The number of hydrogen-bond donors (Lipinski definition) is 2. The molecule has 0 spiro atoms. The first kappa shape index (κ1) is 28.5. The summed E-state index contributed by atoms with van der Waals surface area (Å²) in [5.41, 5.74) is 3.83. The topological polar surface area (TPSA) is 40.5 Å². The minimum absolute atomic E-state index is 0. The minimum atomic E-state index is -0.587. The molecular formula is C21H32O2Y3. The number of allylic oxidation sites excluding steroid dienone is 3. The van der Waals surface area contributed by atoms with E-state index in [9.17, 15) is 10.2 Å². The summed E-state index contributed by atoms with van der Waals surface area (Å²) in [6, 6.07) is 0. The average molecular weight is 583 g/mol. The number of aliphatic hydroxyl groups is 2. The molecule has 0 aromatic heterocycles. The van der Waals surface area contributed by atoms with Crippen molar-refractivity contribution in [1.82, 2.24) is 0 Å². The molecule has 3 aliphatic carbocycles. The van der Waals surface area contributed by atoms with Gasteiger partial charge in [0, 0.05) is 98.1 Å². The van der Waals surface area contributed by atoms with Gasteiger partial charge in [-0.25, -0.2) is 0 Å². The van der Waals surface area contributed by atoms with Crippen molar-refractivity contribution in [2.24, 2.45) is 17.3 Å². The van der Waals surface area contributed by atoms with Gasteiger partial charge in [0.1, 0.15) is 0 Å². The van der Waals surface area contributed by atoms with Crippen molar-refractivity contribution in [3.05, 3.63) is 35.5 Å². The summed E-state index contributed by atoms with van der Waals surface area (Å²) in [6.07, 6.45) is 12.5. The van der Waals surface area contributed by atoms with Gasteiger partial charge in [-0.2, -0.15) is 0 Å². The van der Waals surface area contributed by atoms with Crippen LogP contribution in [-0.4, -0.2) is 22.4 Å². The molecule has 2 nitrogen and oxygen atoms in total. The van der Waals surface area contributed by atoms with E-state index in [4.69, 9.17) is 0 Å². The van der Waals surface area contributed by atoms with Gasteiger partial charge in [0.15, 0.2) is 0 Å². The molecule has 3 radical (unpaired) electrons. The molecule has 0 aromatic rings. The molecule has 0 heterocycles. The van der Waals surface area contributed by atoms with Crippen LogP contribution in [0.2, 0.25) is 0 Å².